The maximum Gasteiger partial charge on any atom is 0.111 e. The van der Waals surface area contributed by atoms with Gasteiger partial charge in [0.05, 0.1) is 28.3 Å². The molecule has 5 heteroatoms. The van der Waals surface area contributed by atoms with Crippen molar-refractivity contribution in [3.63, 3.8) is 0 Å². The van der Waals surface area contributed by atoms with Gasteiger partial charge in [-0.2, -0.15) is 0 Å². The molecular weight excluding hydrogens is 671 g/mol. The molecule has 8 aromatic rings. The van der Waals surface area contributed by atoms with Crippen LogP contribution >= 0.6 is 0 Å². The topological polar surface area (TPSA) is 59.9 Å². The first kappa shape index (κ1) is 35.7. The van der Waals surface area contributed by atoms with Crippen molar-refractivity contribution in [2.75, 3.05) is 19.3 Å². The molecule has 0 saturated heterocycles. The maximum atomic E-state index is 5.99. The molecule has 4 N–H and O–H groups in total. The second-order valence-electron chi connectivity index (χ2n) is 14.1. The first-order chi connectivity index (χ1) is 27.1. The summed E-state index contributed by atoms with van der Waals surface area (Å²) in [6.45, 7) is 7.04. The normalized spacial score (nSPS) is 13.7. The number of nitrogen functional groups attached to an aromatic ring is 1. The van der Waals surface area contributed by atoms with Crippen LogP contribution in [-0.4, -0.2) is 22.7 Å². The Morgan fingerprint density at radius 2 is 1.31 bits per heavy atom. The largest absolute Gasteiger partial charge is 0.398 e. The number of dihydropyridines is 1. The molecule has 0 saturated carbocycles. The zero-order valence-electron chi connectivity index (χ0n) is 32.2. The molecule has 0 radical (unpaired) electrons. The van der Waals surface area contributed by atoms with Crippen LogP contribution in [0.15, 0.2) is 163 Å². The van der Waals surface area contributed by atoms with Gasteiger partial charge >= 0.3 is 0 Å². The van der Waals surface area contributed by atoms with Crippen molar-refractivity contribution in [1.29, 1.82) is 0 Å². The van der Waals surface area contributed by atoms with E-state index in [-0.39, 0.29) is 6.04 Å². The van der Waals surface area contributed by atoms with Crippen molar-refractivity contribution in [1.82, 2.24) is 19.8 Å². The Balaban J connectivity index is 0.000000200. The van der Waals surface area contributed by atoms with Crippen LogP contribution in [0.2, 0.25) is 0 Å². The van der Waals surface area contributed by atoms with Gasteiger partial charge < -0.3 is 20.9 Å². The average molecular weight is 720 g/mol. The fraction of sp³-hybridized carbons (Fsp3) is 0.160. The van der Waals surface area contributed by atoms with E-state index < -0.39 is 0 Å². The van der Waals surface area contributed by atoms with E-state index in [1.54, 1.807) is 0 Å². The fourth-order valence-corrected chi connectivity index (χ4v) is 8.33. The first-order valence-corrected chi connectivity index (χ1v) is 19.5. The van der Waals surface area contributed by atoms with Gasteiger partial charge in [0.1, 0.15) is 5.82 Å². The third-order valence-corrected chi connectivity index (χ3v) is 10.8. The number of hydrogen-bond acceptors (Lipinski definition) is 3. The molecule has 2 aliphatic rings. The van der Waals surface area contributed by atoms with Gasteiger partial charge in [-0.05, 0) is 91.5 Å². The van der Waals surface area contributed by atoms with Gasteiger partial charge in [0.2, 0.25) is 0 Å². The predicted molar refractivity (Wildman–Crippen MR) is 235 cm³/mol. The SMILES string of the molecule is CC.CC1=CC=C(n2c3ccccc3c3cc4c5c(n(-c6ccccc6)c4cc32)-c2ccccc2CC5)NC1.CNC(c1ccccc1)c1ccccc1N. The monoisotopic (exact) mass is 719 g/mol. The zero-order valence-corrected chi connectivity index (χ0v) is 32.2. The maximum absolute atomic E-state index is 5.99. The molecule has 2 aromatic heterocycles. The van der Waals surface area contributed by atoms with E-state index in [1.807, 2.05) is 57.3 Å². The van der Waals surface area contributed by atoms with Crippen molar-refractivity contribution in [3.8, 4) is 16.9 Å². The summed E-state index contributed by atoms with van der Waals surface area (Å²) in [7, 11) is 1.95. The number of nitrogens with two attached hydrogens (primary N) is 1. The van der Waals surface area contributed by atoms with Crippen LogP contribution in [-0.2, 0) is 12.8 Å². The molecule has 1 aliphatic carbocycles. The lowest BCUT2D eigenvalue weighted by atomic mass is 9.89. The van der Waals surface area contributed by atoms with E-state index in [2.05, 4.69) is 148 Å². The number of fused-ring (bicyclic) bond motifs is 8. The second kappa shape index (κ2) is 15.6. The van der Waals surface area contributed by atoms with E-state index in [1.165, 1.54) is 71.9 Å². The fourth-order valence-electron chi connectivity index (χ4n) is 8.33. The second-order valence-corrected chi connectivity index (χ2v) is 14.1. The summed E-state index contributed by atoms with van der Waals surface area (Å²) in [6.07, 6.45) is 6.59. The number of rotatable bonds is 5. The molecule has 0 fully saturated rings. The molecular formula is C50H49N5. The number of anilines is 1. The molecule has 55 heavy (non-hydrogen) atoms. The summed E-state index contributed by atoms with van der Waals surface area (Å²) in [4.78, 5) is 0. The predicted octanol–water partition coefficient (Wildman–Crippen LogP) is 11.5. The Labute approximate surface area is 324 Å². The van der Waals surface area contributed by atoms with E-state index in [4.69, 9.17) is 5.73 Å². The number of nitrogens with one attached hydrogen (secondary N) is 2. The van der Waals surface area contributed by atoms with Gasteiger partial charge in [0.25, 0.3) is 0 Å². The van der Waals surface area contributed by atoms with Gasteiger partial charge in [-0.1, -0.05) is 135 Å². The molecule has 0 bridgehead atoms. The average Bonchev–Trinajstić information content (AvgIpc) is 3.75. The van der Waals surface area contributed by atoms with E-state index in [0.29, 0.717) is 0 Å². The third-order valence-electron chi connectivity index (χ3n) is 10.8. The Morgan fingerprint density at radius 3 is 2.05 bits per heavy atom. The van der Waals surface area contributed by atoms with Crippen molar-refractivity contribution < 1.29 is 0 Å². The van der Waals surface area contributed by atoms with Crippen LogP contribution in [0.25, 0.3) is 55.5 Å². The molecule has 3 heterocycles. The Kier molecular flexibility index (Phi) is 10.1. The molecule has 274 valence electrons. The highest BCUT2D eigenvalue weighted by Gasteiger charge is 2.27. The number of aryl methyl sites for hydroxylation is 2. The lowest BCUT2D eigenvalue weighted by Crippen LogP contribution is -2.21. The Morgan fingerprint density at radius 1 is 0.636 bits per heavy atom. The lowest BCUT2D eigenvalue weighted by molar-refractivity contribution is 0.694. The standard InChI is InChI=1S/C34H27N3.C14H16N2.C2H6/c1-22-15-18-33(35-21-22)37-30-14-8-7-13-26(30)28-19-29-27-17-16-23-9-5-6-12-25(23)34(27)36(31(29)20-32(28)37)24-10-3-2-4-11-24;1-16-14(11-7-3-2-4-8-11)12-9-5-6-10-13(12)15;1-2/h2-15,18-20,35H,16-17,21H2,1H3;2-10,14,16H,15H2,1H3;1-2H3. The quantitative estimate of drug-likeness (QED) is 0.155. The number of para-hydroxylation sites is 3. The van der Waals surface area contributed by atoms with Crippen molar-refractivity contribution in [2.24, 2.45) is 0 Å². The first-order valence-electron chi connectivity index (χ1n) is 19.5. The van der Waals surface area contributed by atoms with Crippen molar-refractivity contribution >= 4 is 44.2 Å². The number of nitrogens with zero attached hydrogens (tertiary/aromatic N) is 2. The summed E-state index contributed by atoms with van der Waals surface area (Å²) >= 11 is 0. The summed E-state index contributed by atoms with van der Waals surface area (Å²) in [5.41, 5.74) is 21.1. The van der Waals surface area contributed by atoms with E-state index >= 15 is 0 Å². The number of aromatic nitrogens is 2. The van der Waals surface area contributed by atoms with Crippen molar-refractivity contribution in [3.05, 3.63) is 186 Å². The molecule has 1 aliphatic heterocycles. The van der Waals surface area contributed by atoms with E-state index in [9.17, 15) is 0 Å². The summed E-state index contributed by atoms with van der Waals surface area (Å²) in [6, 6.07) is 51.9. The van der Waals surface area contributed by atoms with Gasteiger partial charge in [0.15, 0.2) is 0 Å². The number of allylic oxidation sites excluding steroid dienone is 2. The molecule has 0 spiro atoms. The Bertz CT molecular complexity index is 2680. The highest BCUT2D eigenvalue weighted by molar-refractivity contribution is 6.15. The lowest BCUT2D eigenvalue weighted by Gasteiger charge is -2.20. The minimum atomic E-state index is 0.155. The van der Waals surface area contributed by atoms with Crippen LogP contribution in [0, 0.1) is 0 Å². The smallest absolute Gasteiger partial charge is 0.111 e. The van der Waals surface area contributed by atoms with Crippen LogP contribution in [0.3, 0.4) is 0 Å². The van der Waals surface area contributed by atoms with Gasteiger partial charge in [-0.3, -0.25) is 4.57 Å². The molecule has 6 aromatic carbocycles. The van der Waals surface area contributed by atoms with Crippen LogP contribution in [0.4, 0.5) is 5.69 Å². The number of benzene rings is 6. The van der Waals surface area contributed by atoms with Gasteiger partial charge in [0, 0.05) is 39.6 Å². The van der Waals surface area contributed by atoms with Crippen LogP contribution in [0.1, 0.15) is 49.1 Å². The van der Waals surface area contributed by atoms with Crippen LogP contribution < -0.4 is 16.4 Å². The molecule has 1 atom stereocenters. The van der Waals surface area contributed by atoms with Crippen LogP contribution in [0.5, 0.6) is 0 Å². The molecule has 0 amide bonds. The highest BCUT2D eigenvalue weighted by atomic mass is 15.1. The van der Waals surface area contributed by atoms with Gasteiger partial charge in [-0.25, -0.2) is 0 Å². The van der Waals surface area contributed by atoms with Gasteiger partial charge in [-0.15, -0.1) is 0 Å². The zero-order chi connectivity index (χ0) is 37.9. The van der Waals surface area contributed by atoms with E-state index in [0.717, 1.165) is 36.5 Å². The minimum absolute atomic E-state index is 0.155. The number of hydrogen-bond donors (Lipinski definition) is 3. The third kappa shape index (κ3) is 6.51. The van der Waals surface area contributed by atoms with Crippen molar-refractivity contribution in [2.45, 2.75) is 39.7 Å². The summed E-state index contributed by atoms with van der Waals surface area (Å²) in [5.74, 6) is 1.13. The molecule has 5 nitrogen and oxygen atoms in total. The highest BCUT2D eigenvalue weighted by Crippen LogP contribution is 2.44. The molecule has 1 unspecified atom stereocenters. The summed E-state index contributed by atoms with van der Waals surface area (Å²) < 4.78 is 4.90. The molecule has 10 rings (SSSR count). The minimum Gasteiger partial charge on any atom is -0.398 e. The Hall–Kier alpha value is -6.30. The summed E-state index contributed by atoms with van der Waals surface area (Å²) in [5, 5.41) is 10.9.